The van der Waals surface area contributed by atoms with Crippen LogP contribution < -0.4 is 5.73 Å². The summed E-state index contributed by atoms with van der Waals surface area (Å²) in [5.74, 6) is -4.56. The zero-order chi connectivity index (χ0) is 26.7. The first-order valence-electron chi connectivity index (χ1n) is 11.6. The van der Waals surface area contributed by atoms with Gasteiger partial charge in [0, 0.05) is 11.5 Å². The number of carbonyl (C=O) groups excluding carboxylic acids is 5. The summed E-state index contributed by atoms with van der Waals surface area (Å²) in [6, 6.07) is 1.81. The Bertz CT molecular complexity index is 1260. The summed E-state index contributed by atoms with van der Waals surface area (Å²) in [5.41, 5.74) is 3.57. The Morgan fingerprint density at radius 1 is 1.14 bits per heavy atom. The summed E-state index contributed by atoms with van der Waals surface area (Å²) >= 11 is 0. The Balaban J connectivity index is 1.84. The Labute approximate surface area is 208 Å². The van der Waals surface area contributed by atoms with Crippen LogP contribution in [0.3, 0.4) is 0 Å². The number of phenols is 1. The van der Waals surface area contributed by atoms with Crippen LogP contribution in [0, 0.1) is 35.5 Å². The fourth-order valence-corrected chi connectivity index (χ4v) is 6.01. The summed E-state index contributed by atoms with van der Waals surface area (Å²) < 4.78 is 0. The van der Waals surface area contributed by atoms with Crippen LogP contribution >= 0.6 is 0 Å². The number of carbonyl (C=O) groups is 5. The molecule has 0 saturated heterocycles. The third kappa shape index (κ3) is 3.66. The van der Waals surface area contributed by atoms with E-state index in [0.717, 1.165) is 0 Å². The second kappa shape index (κ2) is 8.92. The molecule has 0 spiro atoms. The number of ketones is 4. The van der Waals surface area contributed by atoms with Crippen molar-refractivity contribution in [3.05, 3.63) is 28.8 Å². The van der Waals surface area contributed by atoms with Gasteiger partial charge in [-0.1, -0.05) is 11.8 Å². The lowest BCUT2D eigenvalue weighted by atomic mass is 9.52. The number of phenolic OH excluding ortho intramolecular Hbond substituents is 1. The average molecular weight is 496 g/mol. The van der Waals surface area contributed by atoms with E-state index in [2.05, 4.69) is 11.8 Å². The first-order valence-corrected chi connectivity index (χ1v) is 11.6. The molecule has 190 valence electrons. The topological polar surface area (TPSA) is 158 Å². The number of fused-ring (bicyclic) bond motifs is 3. The Kier molecular flexibility index (Phi) is 6.37. The van der Waals surface area contributed by atoms with E-state index in [1.165, 1.54) is 11.0 Å². The van der Waals surface area contributed by atoms with Crippen molar-refractivity contribution in [2.24, 2.45) is 29.4 Å². The monoisotopic (exact) mass is 495 g/mol. The quantitative estimate of drug-likeness (QED) is 0.345. The number of nitrogens with two attached hydrogens (primary N) is 1. The van der Waals surface area contributed by atoms with Crippen LogP contribution in [0.5, 0.6) is 5.75 Å². The van der Waals surface area contributed by atoms with E-state index in [1.54, 1.807) is 20.2 Å². The van der Waals surface area contributed by atoms with Gasteiger partial charge >= 0.3 is 0 Å². The summed E-state index contributed by atoms with van der Waals surface area (Å²) in [5, 5.41) is 22.1. The number of hydrogen-bond acceptors (Lipinski definition) is 9. The van der Waals surface area contributed by atoms with Crippen LogP contribution in [-0.4, -0.2) is 95.4 Å². The van der Waals surface area contributed by atoms with Gasteiger partial charge in [-0.2, -0.15) is 0 Å². The number of amides is 1. The molecule has 10 heteroatoms. The van der Waals surface area contributed by atoms with Crippen molar-refractivity contribution in [3.8, 4) is 17.6 Å². The standard InChI is InChI=1S/C26H29N3O7/c1-28(2)9-5-6-12-7-8-16(30)18-14(12)10-13-11-15-20(29(3)4)22(32)19(25(27)35)24(34)26(15,36)23(33)17(13)21(18)31/h7-8,13,15,17,19-20,30,36H,9-11H2,1-4H3,(H2,27,35)/t13?,15?,17?,19?,20?,26-/m0/s1. The minimum atomic E-state index is -2.73. The second-order valence-electron chi connectivity index (χ2n) is 10.3. The highest BCUT2D eigenvalue weighted by molar-refractivity contribution is 6.32. The SMILES string of the molecule is CN(C)CC#Cc1ccc(O)c2c1CC1CC3C(N(C)C)C(=O)C(C(N)=O)C(=O)[C@@]3(O)C(=O)C1C2=O. The lowest BCUT2D eigenvalue weighted by Crippen LogP contribution is -2.74. The average Bonchev–Trinajstić information content (AvgIpc) is 2.77. The summed E-state index contributed by atoms with van der Waals surface area (Å²) in [4.78, 5) is 69.0. The highest BCUT2D eigenvalue weighted by Crippen LogP contribution is 2.50. The van der Waals surface area contributed by atoms with Gasteiger partial charge in [-0.3, -0.25) is 33.8 Å². The molecule has 0 bridgehead atoms. The van der Waals surface area contributed by atoms with Crippen molar-refractivity contribution in [3.63, 3.8) is 0 Å². The lowest BCUT2D eigenvalue weighted by molar-refractivity contribution is -0.181. The van der Waals surface area contributed by atoms with E-state index in [4.69, 9.17) is 5.73 Å². The number of nitrogens with zero attached hydrogens (tertiary/aromatic N) is 2. The molecule has 10 nitrogen and oxygen atoms in total. The minimum absolute atomic E-state index is 0.00409. The summed E-state index contributed by atoms with van der Waals surface area (Å²) in [7, 11) is 6.82. The lowest BCUT2D eigenvalue weighted by Gasteiger charge is -2.52. The molecule has 5 unspecified atom stereocenters. The van der Waals surface area contributed by atoms with Crippen LogP contribution in [0.2, 0.25) is 0 Å². The maximum Gasteiger partial charge on any atom is 0.235 e. The fraction of sp³-hybridized carbons (Fsp3) is 0.500. The van der Waals surface area contributed by atoms with E-state index < -0.39 is 64.4 Å². The third-order valence-corrected chi connectivity index (χ3v) is 7.56. The smallest absolute Gasteiger partial charge is 0.235 e. The Morgan fingerprint density at radius 2 is 1.81 bits per heavy atom. The van der Waals surface area contributed by atoms with Crippen molar-refractivity contribution in [1.82, 2.24) is 9.80 Å². The molecular weight excluding hydrogens is 466 g/mol. The fourth-order valence-electron chi connectivity index (χ4n) is 6.01. The number of hydrogen-bond donors (Lipinski definition) is 3. The van der Waals surface area contributed by atoms with Gasteiger partial charge in [0.1, 0.15) is 5.75 Å². The molecule has 1 aromatic carbocycles. The summed E-state index contributed by atoms with van der Waals surface area (Å²) in [6.07, 6.45) is 0.191. The molecule has 1 aromatic rings. The molecular formula is C26H29N3O7. The van der Waals surface area contributed by atoms with Crippen molar-refractivity contribution in [1.29, 1.82) is 0 Å². The maximum absolute atomic E-state index is 13.7. The Hall–Kier alpha value is -3.39. The van der Waals surface area contributed by atoms with Gasteiger partial charge in [0.2, 0.25) is 5.91 Å². The first kappa shape index (κ1) is 25.7. The van der Waals surface area contributed by atoms with E-state index in [0.29, 0.717) is 17.7 Å². The van der Waals surface area contributed by atoms with Gasteiger partial charge in [0.25, 0.3) is 0 Å². The molecule has 0 aliphatic heterocycles. The Morgan fingerprint density at radius 3 is 2.39 bits per heavy atom. The van der Waals surface area contributed by atoms with Gasteiger partial charge in [0.15, 0.2) is 34.7 Å². The molecule has 4 rings (SSSR count). The van der Waals surface area contributed by atoms with Crippen LogP contribution in [0.15, 0.2) is 12.1 Å². The number of aromatic hydroxyl groups is 1. The van der Waals surface area contributed by atoms with Crippen LogP contribution in [0.4, 0.5) is 0 Å². The van der Waals surface area contributed by atoms with E-state index >= 15 is 0 Å². The number of likely N-dealkylation sites (N-methyl/N-ethyl adjacent to an activating group) is 1. The van der Waals surface area contributed by atoms with Crippen LogP contribution in [0.25, 0.3) is 0 Å². The first-order chi connectivity index (χ1) is 16.8. The third-order valence-electron chi connectivity index (χ3n) is 7.56. The highest BCUT2D eigenvalue weighted by atomic mass is 16.3. The molecule has 0 heterocycles. The highest BCUT2D eigenvalue weighted by Gasteiger charge is 2.69. The number of aliphatic hydroxyl groups is 1. The molecule has 0 radical (unpaired) electrons. The zero-order valence-corrected chi connectivity index (χ0v) is 20.6. The molecule has 4 N–H and O–H groups in total. The predicted octanol–water partition coefficient (Wildman–Crippen LogP) is -1.22. The van der Waals surface area contributed by atoms with E-state index in [-0.39, 0.29) is 24.2 Å². The van der Waals surface area contributed by atoms with E-state index in [1.807, 2.05) is 19.0 Å². The molecule has 2 fully saturated rings. The van der Waals surface area contributed by atoms with E-state index in [9.17, 15) is 34.2 Å². The largest absolute Gasteiger partial charge is 0.507 e. The maximum atomic E-state index is 13.7. The number of primary amides is 1. The van der Waals surface area contributed by atoms with Crippen molar-refractivity contribution in [2.45, 2.75) is 24.5 Å². The van der Waals surface area contributed by atoms with Gasteiger partial charge < -0.3 is 15.9 Å². The van der Waals surface area contributed by atoms with Gasteiger partial charge in [-0.15, -0.1) is 0 Å². The molecule has 3 aliphatic rings. The molecule has 1 amide bonds. The molecule has 2 saturated carbocycles. The number of benzene rings is 1. The second-order valence-corrected chi connectivity index (χ2v) is 10.3. The summed E-state index contributed by atoms with van der Waals surface area (Å²) in [6.45, 7) is 0.471. The normalized spacial score (nSPS) is 31.5. The molecule has 3 aliphatic carbocycles. The van der Waals surface area contributed by atoms with Crippen LogP contribution in [-0.2, 0) is 25.6 Å². The van der Waals surface area contributed by atoms with Gasteiger partial charge in [-0.05, 0) is 64.6 Å². The molecule has 0 aromatic heterocycles. The van der Waals surface area contributed by atoms with Gasteiger partial charge in [0.05, 0.1) is 24.1 Å². The zero-order valence-electron chi connectivity index (χ0n) is 20.6. The number of rotatable bonds is 3. The predicted molar refractivity (Wildman–Crippen MR) is 127 cm³/mol. The number of Topliss-reactive ketones (excluding diaryl/α,β-unsaturated/α-hetero) is 4. The van der Waals surface area contributed by atoms with Crippen LogP contribution in [0.1, 0.15) is 27.9 Å². The molecule has 36 heavy (non-hydrogen) atoms. The van der Waals surface area contributed by atoms with Crippen molar-refractivity contribution >= 4 is 29.0 Å². The minimum Gasteiger partial charge on any atom is -0.507 e. The molecule has 6 atom stereocenters. The van der Waals surface area contributed by atoms with Crippen molar-refractivity contribution in [2.75, 3.05) is 34.7 Å². The van der Waals surface area contributed by atoms with Crippen molar-refractivity contribution < 1.29 is 34.2 Å². The van der Waals surface area contributed by atoms with Gasteiger partial charge in [-0.25, -0.2) is 0 Å².